The van der Waals surface area contributed by atoms with E-state index >= 15 is 0 Å². The summed E-state index contributed by atoms with van der Waals surface area (Å²) < 4.78 is 0. The highest BCUT2D eigenvalue weighted by Crippen LogP contribution is 2.31. The Balaban J connectivity index is 1.22. The fourth-order valence-corrected chi connectivity index (χ4v) is 4.78. The van der Waals surface area contributed by atoms with Crippen molar-refractivity contribution in [2.75, 3.05) is 19.6 Å². The van der Waals surface area contributed by atoms with Gasteiger partial charge in [0, 0.05) is 59.3 Å². The van der Waals surface area contributed by atoms with Gasteiger partial charge in [0.2, 0.25) is 5.91 Å². The van der Waals surface area contributed by atoms with Crippen molar-refractivity contribution in [3.05, 3.63) is 77.1 Å². The van der Waals surface area contributed by atoms with E-state index in [1.807, 2.05) is 53.4 Å². The molecule has 1 aliphatic rings. The Bertz CT molecular complexity index is 1310. The molecule has 3 heterocycles. The predicted molar refractivity (Wildman–Crippen MR) is 130 cm³/mol. The number of piperidine rings is 1. The summed E-state index contributed by atoms with van der Waals surface area (Å²) in [5.74, 6) is 0.0121. The standard InChI is InChI=1S/C26H25ClN4O2/c27-19-4-5-23-22(16-19)20-2-1-3-21(24(20)30-23)26(33)31-14-9-18(10-15-31)25(32)29-13-8-17-6-11-28-12-7-17/h1-7,11-12,16,18,30H,8-10,13-15H2,(H,29,32). The van der Waals surface area contributed by atoms with Crippen LogP contribution < -0.4 is 5.32 Å². The number of para-hydroxylation sites is 1. The lowest BCUT2D eigenvalue weighted by Crippen LogP contribution is -2.43. The minimum absolute atomic E-state index is 0.00482. The Morgan fingerprint density at radius 2 is 1.85 bits per heavy atom. The van der Waals surface area contributed by atoms with Gasteiger partial charge in [-0.3, -0.25) is 14.6 Å². The summed E-state index contributed by atoms with van der Waals surface area (Å²) in [7, 11) is 0. The lowest BCUT2D eigenvalue weighted by molar-refractivity contribution is -0.126. The first-order valence-corrected chi connectivity index (χ1v) is 11.6. The van der Waals surface area contributed by atoms with Crippen molar-refractivity contribution < 1.29 is 9.59 Å². The second kappa shape index (κ2) is 9.24. The average Bonchev–Trinajstić information content (AvgIpc) is 3.22. The molecule has 2 aromatic heterocycles. The van der Waals surface area contributed by atoms with Gasteiger partial charge in [0.05, 0.1) is 11.1 Å². The van der Waals surface area contributed by atoms with E-state index in [4.69, 9.17) is 11.6 Å². The zero-order chi connectivity index (χ0) is 22.8. The molecular weight excluding hydrogens is 436 g/mol. The van der Waals surface area contributed by atoms with Crippen LogP contribution in [0.5, 0.6) is 0 Å². The number of benzene rings is 2. The Hall–Kier alpha value is -3.38. The van der Waals surface area contributed by atoms with Crippen molar-refractivity contribution in [1.82, 2.24) is 20.2 Å². The van der Waals surface area contributed by atoms with Gasteiger partial charge in [0.15, 0.2) is 0 Å². The summed E-state index contributed by atoms with van der Waals surface area (Å²) >= 11 is 6.18. The van der Waals surface area contributed by atoms with Crippen molar-refractivity contribution in [2.24, 2.45) is 5.92 Å². The highest BCUT2D eigenvalue weighted by atomic mass is 35.5. The van der Waals surface area contributed by atoms with Crippen molar-refractivity contribution >= 4 is 45.2 Å². The number of aromatic amines is 1. The molecule has 1 fully saturated rings. The number of nitrogens with one attached hydrogen (secondary N) is 2. The van der Waals surface area contributed by atoms with Crippen LogP contribution in [0.15, 0.2) is 60.9 Å². The number of fused-ring (bicyclic) bond motifs is 3. The van der Waals surface area contributed by atoms with Crippen LogP contribution in [0.1, 0.15) is 28.8 Å². The Labute approximate surface area is 196 Å². The van der Waals surface area contributed by atoms with Crippen LogP contribution in [0.4, 0.5) is 0 Å². The topological polar surface area (TPSA) is 78.1 Å². The predicted octanol–water partition coefficient (Wildman–Crippen LogP) is 4.58. The SMILES string of the molecule is O=C(NCCc1ccncc1)C1CCN(C(=O)c2cccc3c2[nH]c2ccc(Cl)cc23)CC1. The van der Waals surface area contributed by atoms with E-state index in [-0.39, 0.29) is 17.7 Å². The van der Waals surface area contributed by atoms with Gasteiger partial charge in [-0.2, -0.15) is 0 Å². The number of hydrogen-bond acceptors (Lipinski definition) is 3. The number of amides is 2. The van der Waals surface area contributed by atoms with Gasteiger partial charge in [0.25, 0.3) is 5.91 Å². The van der Waals surface area contributed by atoms with Crippen molar-refractivity contribution in [3.63, 3.8) is 0 Å². The summed E-state index contributed by atoms with van der Waals surface area (Å²) in [5, 5.41) is 5.71. The van der Waals surface area contributed by atoms with Crippen LogP contribution in [-0.2, 0) is 11.2 Å². The third kappa shape index (κ3) is 4.44. The fourth-order valence-electron chi connectivity index (χ4n) is 4.61. The number of carbonyl (C=O) groups is 2. The normalized spacial score (nSPS) is 14.6. The molecular formula is C26H25ClN4O2. The minimum Gasteiger partial charge on any atom is -0.356 e. The first-order chi connectivity index (χ1) is 16.1. The number of carbonyl (C=O) groups excluding carboxylic acids is 2. The number of halogens is 1. The maximum atomic E-state index is 13.3. The van der Waals surface area contributed by atoms with Crippen LogP contribution in [0.3, 0.4) is 0 Å². The number of H-pyrrole nitrogens is 1. The maximum absolute atomic E-state index is 13.3. The summed E-state index contributed by atoms with van der Waals surface area (Å²) in [6.07, 6.45) is 5.65. The molecule has 2 N–H and O–H groups in total. The Morgan fingerprint density at radius 1 is 1.06 bits per heavy atom. The third-order valence-electron chi connectivity index (χ3n) is 6.44. The first-order valence-electron chi connectivity index (χ1n) is 11.3. The first kappa shape index (κ1) is 21.5. The molecule has 0 radical (unpaired) electrons. The molecule has 0 aliphatic carbocycles. The minimum atomic E-state index is -0.0579. The number of rotatable bonds is 5. The zero-order valence-corrected chi connectivity index (χ0v) is 18.9. The summed E-state index contributed by atoms with van der Waals surface area (Å²) in [4.78, 5) is 35.2. The summed E-state index contributed by atoms with van der Waals surface area (Å²) in [6.45, 7) is 1.75. The largest absolute Gasteiger partial charge is 0.356 e. The lowest BCUT2D eigenvalue weighted by Gasteiger charge is -2.31. The summed E-state index contributed by atoms with van der Waals surface area (Å²) in [6, 6.07) is 15.4. The molecule has 6 nitrogen and oxygen atoms in total. The molecule has 1 saturated heterocycles. The van der Waals surface area contributed by atoms with Gasteiger partial charge in [-0.25, -0.2) is 0 Å². The van der Waals surface area contributed by atoms with Gasteiger partial charge in [-0.15, -0.1) is 0 Å². The third-order valence-corrected chi connectivity index (χ3v) is 6.68. The van der Waals surface area contributed by atoms with Crippen LogP contribution in [-0.4, -0.2) is 46.3 Å². The molecule has 0 unspecified atom stereocenters. The molecule has 168 valence electrons. The number of hydrogen-bond donors (Lipinski definition) is 2. The van der Waals surface area contributed by atoms with E-state index in [0.717, 1.165) is 33.8 Å². The molecule has 5 rings (SSSR count). The van der Waals surface area contributed by atoms with Gasteiger partial charge in [-0.05, 0) is 61.2 Å². The highest BCUT2D eigenvalue weighted by molar-refractivity contribution is 6.32. The van der Waals surface area contributed by atoms with E-state index in [0.29, 0.717) is 43.1 Å². The quantitative estimate of drug-likeness (QED) is 0.457. The number of pyridine rings is 1. The van der Waals surface area contributed by atoms with Gasteiger partial charge >= 0.3 is 0 Å². The molecule has 2 aromatic carbocycles. The molecule has 33 heavy (non-hydrogen) atoms. The molecule has 0 atom stereocenters. The van der Waals surface area contributed by atoms with Crippen molar-refractivity contribution in [2.45, 2.75) is 19.3 Å². The summed E-state index contributed by atoms with van der Waals surface area (Å²) in [5.41, 5.74) is 3.59. The molecule has 0 saturated carbocycles. The maximum Gasteiger partial charge on any atom is 0.255 e. The van der Waals surface area contributed by atoms with E-state index < -0.39 is 0 Å². The van der Waals surface area contributed by atoms with E-state index in [1.54, 1.807) is 12.4 Å². The number of likely N-dealkylation sites (tertiary alicyclic amines) is 1. The van der Waals surface area contributed by atoms with Crippen LogP contribution in [0.2, 0.25) is 5.02 Å². The fraction of sp³-hybridized carbons (Fsp3) is 0.269. The zero-order valence-electron chi connectivity index (χ0n) is 18.2. The van der Waals surface area contributed by atoms with Crippen LogP contribution in [0, 0.1) is 5.92 Å². The van der Waals surface area contributed by atoms with E-state index in [9.17, 15) is 9.59 Å². The molecule has 2 amide bonds. The molecule has 4 aromatic rings. The molecule has 7 heteroatoms. The highest BCUT2D eigenvalue weighted by Gasteiger charge is 2.28. The monoisotopic (exact) mass is 460 g/mol. The van der Waals surface area contributed by atoms with Gasteiger partial charge in [0.1, 0.15) is 0 Å². The van der Waals surface area contributed by atoms with Crippen LogP contribution in [0.25, 0.3) is 21.8 Å². The van der Waals surface area contributed by atoms with Crippen LogP contribution >= 0.6 is 11.6 Å². The lowest BCUT2D eigenvalue weighted by atomic mass is 9.95. The second-order valence-electron chi connectivity index (χ2n) is 8.51. The molecule has 1 aliphatic heterocycles. The second-order valence-corrected chi connectivity index (χ2v) is 8.94. The smallest absolute Gasteiger partial charge is 0.255 e. The van der Waals surface area contributed by atoms with Gasteiger partial charge < -0.3 is 15.2 Å². The average molecular weight is 461 g/mol. The number of nitrogens with zero attached hydrogens (tertiary/aromatic N) is 2. The van der Waals surface area contributed by atoms with E-state index in [1.165, 1.54) is 0 Å². The molecule has 0 spiro atoms. The van der Waals surface area contributed by atoms with Gasteiger partial charge in [-0.1, -0.05) is 23.7 Å². The van der Waals surface area contributed by atoms with Crippen molar-refractivity contribution in [3.8, 4) is 0 Å². The molecule has 0 bridgehead atoms. The van der Waals surface area contributed by atoms with Crippen molar-refractivity contribution in [1.29, 1.82) is 0 Å². The number of aromatic nitrogens is 2. The Kier molecular flexibility index (Phi) is 6.01. The van der Waals surface area contributed by atoms with E-state index in [2.05, 4.69) is 15.3 Å². The Morgan fingerprint density at radius 3 is 2.64 bits per heavy atom.